The number of halogens is 2. The van der Waals surface area contributed by atoms with Gasteiger partial charge in [-0.2, -0.15) is 0 Å². The quantitative estimate of drug-likeness (QED) is 0.794. The molecule has 104 valence electrons. The van der Waals surface area contributed by atoms with Crippen molar-refractivity contribution in [1.82, 2.24) is 9.80 Å². The van der Waals surface area contributed by atoms with Crippen LogP contribution < -0.4 is 0 Å². The van der Waals surface area contributed by atoms with E-state index in [0.29, 0.717) is 24.5 Å². The van der Waals surface area contributed by atoms with Gasteiger partial charge in [-0.1, -0.05) is 6.07 Å². The lowest BCUT2D eigenvalue weighted by atomic mass is 10.1. The molecule has 0 aliphatic carbocycles. The molecule has 5 heteroatoms. The molecule has 0 unspecified atom stereocenters. The molecule has 2 rings (SSSR count). The molecule has 0 atom stereocenters. The summed E-state index contributed by atoms with van der Waals surface area (Å²) in [6, 6.07) is 4.35. The molecule has 19 heavy (non-hydrogen) atoms. The van der Waals surface area contributed by atoms with Crippen molar-refractivity contribution in [2.24, 2.45) is 0 Å². The molecule has 0 spiro atoms. The zero-order valence-electron chi connectivity index (χ0n) is 11.0. The van der Waals surface area contributed by atoms with Crippen LogP contribution in [0.15, 0.2) is 18.2 Å². The molecule has 1 aromatic carbocycles. The molecule has 1 fully saturated rings. The summed E-state index contributed by atoms with van der Waals surface area (Å²) in [5, 5.41) is 0. The second kappa shape index (κ2) is 6.35. The number of carbonyl (C=O) groups is 1. The van der Waals surface area contributed by atoms with Crippen molar-refractivity contribution >= 4 is 17.5 Å². The van der Waals surface area contributed by atoms with E-state index in [9.17, 15) is 9.18 Å². The molecule has 1 aliphatic heterocycles. The minimum atomic E-state index is -0.366. The highest BCUT2D eigenvalue weighted by molar-refractivity contribution is 6.18. The van der Waals surface area contributed by atoms with Crippen molar-refractivity contribution in [3.05, 3.63) is 35.1 Å². The maximum atomic E-state index is 13.2. The smallest absolute Gasteiger partial charge is 0.254 e. The lowest BCUT2D eigenvalue weighted by Crippen LogP contribution is -2.49. The number of nitrogens with zero attached hydrogens (tertiary/aromatic N) is 2. The van der Waals surface area contributed by atoms with Gasteiger partial charge in [-0.3, -0.25) is 9.69 Å². The fourth-order valence-corrected chi connectivity index (χ4v) is 2.53. The van der Waals surface area contributed by atoms with Crippen molar-refractivity contribution in [1.29, 1.82) is 0 Å². The predicted octanol–water partition coefficient (Wildman–Crippen LogP) is 2.13. The average molecular weight is 285 g/mol. The zero-order chi connectivity index (χ0) is 13.8. The third kappa shape index (κ3) is 3.45. The molecule has 0 aromatic heterocycles. The van der Waals surface area contributed by atoms with Gasteiger partial charge in [0.2, 0.25) is 0 Å². The number of aryl methyl sites for hydroxylation is 1. The second-order valence-electron chi connectivity index (χ2n) is 4.78. The summed E-state index contributed by atoms with van der Waals surface area (Å²) >= 11 is 5.70. The summed E-state index contributed by atoms with van der Waals surface area (Å²) in [5.41, 5.74) is 1.28. The predicted molar refractivity (Wildman–Crippen MR) is 74.2 cm³/mol. The minimum absolute atomic E-state index is 0.0810. The SMILES string of the molecule is Cc1ccc(F)cc1C(=O)N1CCN(CCCl)CC1. The highest BCUT2D eigenvalue weighted by Gasteiger charge is 2.23. The van der Waals surface area contributed by atoms with Gasteiger partial charge in [0.1, 0.15) is 5.82 Å². The number of alkyl halides is 1. The van der Waals surface area contributed by atoms with Gasteiger partial charge in [0, 0.05) is 44.2 Å². The molecule has 0 bridgehead atoms. The molecule has 3 nitrogen and oxygen atoms in total. The lowest BCUT2D eigenvalue weighted by Gasteiger charge is -2.34. The van der Waals surface area contributed by atoms with Crippen LogP contribution in [-0.2, 0) is 0 Å². The van der Waals surface area contributed by atoms with Crippen LogP contribution in [0, 0.1) is 12.7 Å². The number of carbonyl (C=O) groups excluding carboxylic acids is 1. The van der Waals surface area contributed by atoms with Gasteiger partial charge < -0.3 is 4.90 Å². The van der Waals surface area contributed by atoms with Crippen LogP contribution in [-0.4, -0.2) is 54.3 Å². The Balaban J connectivity index is 2.03. The number of amides is 1. The molecule has 1 saturated heterocycles. The number of benzene rings is 1. The first-order chi connectivity index (χ1) is 9.11. The van der Waals surface area contributed by atoms with Crippen molar-refractivity contribution in [2.75, 3.05) is 38.6 Å². The molecule has 1 heterocycles. The van der Waals surface area contributed by atoms with Crippen LogP contribution in [0.5, 0.6) is 0 Å². The van der Waals surface area contributed by atoms with Gasteiger partial charge in [-0.25, -0.2) is 4.39 Å². The van der Waals surface area contributed by atoms with Crippen LogP contribution in [0.1, 0.15) is 15.9 Å². The average Bonchev–Trinajstić information content (AvgIpc) is 2.42. The minimum Gasteiger partial charge on any atom is -0.336 e. The Labute approximate surface area is 117 Å². The van der Waals surface area contributed by atoms with E-state index in [1.165, 1.54) is 12.1 Å². The normalized spacial score (nSPS) is 16.7. The molecule has 1 aromatic rings. The summed E-state index contributed by atoms with van der Waals surface area (Å²) in [4.78, 5) is 16.4. The number of rotatable bonds is 3. The zero-order valence-corrected chi connectivity index (χ0v) is 11.8. The Morgan fingerprint density at radius 2 is 2.00 bits per heavy atom. The van der Waals surface area contributed by atoms with Gasteiger partial charge in [0.25, 0.3) is 5.91 Å². The molecule has 0 saturated carbocycles. The first-order valence-corrected chi connectivity index (χ1v) is 6.99. The third-order valence-electron chi connectivity index (χ3n) is 3.49. The van der Waals surface area contributed by atoms with Gasteiger partial charge in [-0.15, -0.1) is 11.6 Å². The van der Waals surface area contributed by atoms with E-state index in [2.05, 4.69) is 4.90 Å². The number of hydrogen-bond donors (Lipinski definition) is 0. The highest BCUT2D eigenvalue weighted by atomic mass is 35.5. The summed E-state index contributed by atoms with van der Waals surface area (Å²) < 4.78 is 13.2. The summed E-state index contributed by atoms with van der Waals surface area (Å²) in [7, 11) is 0. The van der Waals surface area contributed by atoms with Crippen LogP contribution >= 0.6 is 11.6 Å². The van der Waals surface area contributed by atoms with Gasteiger partial charge >= 0.3 is 0 Å². The summed E-state index contributed by atoms with van der Waals surface area (Å²) in [6.45, 7) is 5.68. The standard InChI is InChI=1S/C14H18ClFN2O/c1-11-2-3-12(16)10-13(11)14(19)18-8-6-17(5-4-15)7-9-18/h2-3,10H,4-9H2,1H3. The Kier molecular flexibility index (Phi) is 4.77. The fraction of sp³-hybridized carbons (Fsp3) is 0.500. The number of piperazine rings is 1. The van der Waals surface area contributed by atoms with E-state index in [1.807, 2.05) is 6.92 Å². The third-order valence-corrected chi connectivity index (χ3v) is 3.66. The van der Waals surface area contributed by atoms with Crippen LogP contribution in [0.2, 0.25) is 0 Å². The lowest BCUT2D eigenvalue weighted by molar-refractivity contribution is 0.0643. The van der Waals surface area contributed by atoms with E-state index < -0.39 is 0 Å². The molecule has 1 amide bonds. The maximum absolute atomic E-state index is 13.2. The monoisotopic (exact) mass is 284 g/mol. The first-order valence-electron chi connectivity index (χ1n) is 6.45. The van der Waals surface area contributed by atoms with E-state index in [1.54, 1.807) is 11.0 Å². The Morgan fingerprint density at radius 3 is 2.63 bits per heavy atom. The van der Waals surface area contributed by atoms with E-state index >= 15 is 0 Å². The van der Waals surface area contributed by atoms with Crippen LogP contribution in [0.25, 0.3) is 0 Å². The van der Waals surface area contributed by atoms with E-state index in [-0.39, 0.29) is 11.7 Å². The van der Waals surface area contributed by atoms with Crippen molar-refractivity contribution in [3.8, 4) is 0 Å². The highest BCUT2D eigenvalue weighted by Crippen LogP contribution is 2.14. The molecule has 1 aliphatic rings. The fourth-order valence-electron chi connectivity index (χ4n) is 2.29. The Bertz CT molecular complexity index is 459. The Morgan fingerprint density at radius 1 is 1.32 bits per heavy atom. The van der Waals surface area contributed by atoms with Crippen molar-refractivity contribution in [3.63, 3.8) is 0 Å². The summed E-state index contributed by atoms with van der Waals surface area (Å²) in [5.74, 6) is 0.161. The van der Waals surface area contributed by atoms with Gasteiger partial charge in [0.15, 0.2) is 0 Å². The van der Waals surface area contributed by atoms with Gasteiger partial charge in [0.05, 0.1) is 0 Å². The molecule has 0 N–H and O–H groups in total. The van der Waals surface area contributed by atoms with E-state index in [0.717, 1.165) is 25.2 Å². The topological polar surface area (TPSA) is 23.6 Å². The molecular weight excluding hydrogens is 267 g/mol. The van der Waals surface area contributed by atoms with E-state index in [4.69, 9.17) is 11.6 Å². The summed E-state index contributed by atoms with van der Waals surface area (Å²) in [6.07, 6.45) is 0. The number of hydrogen-bond acceptors (Lipinski definition) is 2. The van der Waals surface area contributed by atoms with Gasteiger partial charge in [-0.05, 0) is 24.6 Å². The van der Waals surface area contributed by atoms with Crippen molar-refractivity contribution < 1.29 is 9.18 Å². The first kappa shape index (κ1) is 14.3. The molecule has 0 radical (unpaired) electrons. The largest absolute Gasteiger partial charge is 0.336 e. The molecular formula is C14H18ClFN2O. The maximum Gasteiger partial charge on any atom is 0.254 e. The Hall–Kier alpha value is -1.13. The van der Waals surface area contributed by atoms with Crippen molar-refractivity contribution in [2.45, 2.75) is 6.92 Å². The second-order valence-corrected chi connectivity index (χ2v) is 5.16. The van der Waals surface area contributed by atoms with Crippen LogP contribution in [0.4, 0.5) is 4.39 Å². The van der Waals surface area contributed by atoms with Crippen LogP contribution in [0.3, 0.4) is 0 Å².